The van der Waals surface area contributed by atoms with Gasteiger partial charge in [-0.05, 0) is 6.92 Å². The van der Waals surface area contributed by atoms with E-state index in [0.717, 1.165) is 0 Å². The zero-order valence-corrected chi connectivity index (χ0v) is 8.12. The fourth-order valence-corrected chi connectivity index (χ4v) is 0.641. The van der Waals surface area contributed by atoms with Gasteiger partial charge in [0.15, 0.2) is 0 Å². The Bertz CT molecular complexity index is 181. The van der Waals surface area contributed by atoms with Gasteiger partial charge in [0.25, 0.3) is 0 Å². The van der Waals surface area contributed by atoms with E-state index in [4.69, 9.17) is 4.74 Å². The first-order chi connectivity index (χ1) is 6.11. The topological polar surface area (TPSA) is 64.6 Å². The molecular weight excluding hydrogens is 174 g/mol. The third-order valence-corrected chi connectivity index (χ3v) is 1.58. The first-order valence-corrected chi connectivity index (χ1v) is 3.99. The Hall–Kier alpha value is -1.10. The molecule has 0 aromatic carbocycles. The molecule has 0 aromatic heterocycles. The molecule has 1 atom stereocenters. The van der Waals surface area contributed by atoms with E-state index in [9.17, 15) is 9.59 Å². The number of methoxy groups -OCH3 is 2. The molecular formula is C8H15NO4. The van der Waals surface area contributed by atoms with Gasteiger partial charge in [-0.3, -0.25) is 9.59 Å². The predicted octanol–water partition coefficient (Wildman–Crippen LogP) is -0.299. The molecule has 0 saturated carbocycles. The van der Waals surface area contributed by atoms with Crippen molar-refractivity contribution < 1.29 is 19.1 Å². The third kappa shape index (κ3) is 5.19. The highest BCUT2D eigenvalue weighted by atomic mass is 16.5. The SMILES string of the molecule is COC(=O)CCNC(=O)C(C)OC. The van der Waals surface area contributed by atoms with Crippen LogP contribution in [-0.4, -0.2) is 38.7 Å². The minimum atomic E-state index is -0.488. The van der Waals surface area contributed by atoms with Crippen molar-refractivity contribution in [2.24, 2.45) is 0 Å². The lowest BCUT2D eigenvalue weighted by Crippen LogP contribution is -2.35. The van der Waals surface area contributed by atoms with E-state index in [0.29, 0.717) is 0 Å². The number of nitrogens with one attached hydrogen (secondary N) is 1. The van der Waals surface area contributed by atoms with Gasteiger partial charge in [-0.25, -0.2) is 0 Å². The fourth-order valence-electron chi connectivity index (χ4n) is 0.641. The van der Waals surface area contributed by atoms with Gasteiger partial charge in [-0.1, -0.05) is 0 Å². The van der Waals surface area contributed by atoms with Gasteiger partial charge >= 0.3 is 5.97 Å². The van der Waals surface area contributed by atoms with Gasteiger partial charge in [-0.15, -0.1) is 0 Å². The summed E-state index contributed by atoms with van der Waals surface area (Å²) in [5.74, 6) is -0.572. The molecule has 0 rings (SSSR count). The summed E-state index contributed by atoms with van der Waals surface area (Å²) in [7, 11) is 2.76. The smallest absolute Gasteiger partial charge is 0.307 e. The van der Waals surface area contributed by atoms with Crippen molar-refractivity contribution in [1.82, 2.24) is 5.32 Å². The second-order valence-corrected chi connectivity index (χ2v) is 2.50. The van der Waals surface area contributed by atoms with Crippen LogP contribution in [0, 0.1) is 0 Å². The van der Waals surface area contributed by atoms with Crippen LogP contribution >= 0.6 is 0 Å². The molecule has 5 heteroatoms. The Balaban J connectivity index is 3.53. The molecule has 1 unspecified atom stereocenters. The maximum atomic E-state index is 11.1. The Labute approximate surface area is 77.4 Å². The zero-order valence-electron chi connectivity index (χ0n) is 8.12. The van der Waals surface area contributed by atoms with Crippen molar-refractivity contribution in [2.75, 3.05) is 20.8 Å². The molecule has 0 aliphatic rings. The second kappa shape index (κ2) is 6.42. The Morgan fingerprint density at radius 2 is 2.00 bits per heavy atom. The fraction of sp³-hybridized carbons (Fsp3) is 0.750. The summed E-state index contributed by atoms with van der Waals surface area (Å²) in [5, 5.41) is 2.53. The van der Waals surface area contributed by atoms with Gasteiger partial charge in [0.2, 0.25) is 5.91 Å². The molecule has 0 saturated heterocycles. The summed E-state index contributed by atoms with van der Waals surface area (Å²) < 4.78 is 9.16. The number of carbonyl (C=O) groups excluding carboxylic acids is 2. The lowest BCUT2D eigenvalue weighted by atomic mass is 10.3. The standard InChI is InChI=1S/C8H15NO4/c1-6(12-2)8(11)9-5-4-7(10)13-3/h6H,4-5H2,1-3H3,(H,9,11). The minimum absolute atomic E-state index is 0.179. The molecule has 1 amide bonds. The first kappa shape index (κ1) is 11.9. The number of carbonyl (C=O) groups is 2. The summed E-state index contributed by atoms with van der Waals surface area (Å²) >= 11 is 0. The molecule has 0 bridgehead atoms. The maximum Gasteiger partial charge on any atom is 0.307 e. The van der Waals surface area contributed by atoms with Crippen LogP contribution in [0.3, 0.4) is 0 Å². The highest BCUT2D eigenvalue weighted by Gasteiger charge is 2.10. The number of hydrogen-bond donors (Lipinski definition) is 1. The van der Waals surface area contributed by atoms with Crippen LogP contribution in [0.25, 0.3) is 0 Å². The first-order valence-electron chi connectivity index (χ1n) is 3.99. The van der Waals surface area contributed by atoms with Gasteiger partial charge in [0, 0.05) is 13.7 Å². The lowest BCUT2D eigenvalue weighted by Gasteiger charge is -2.09. The Morgan fingerprint density at radius 1 is 1.38 bits per heavy atom. The second-order valence-electron chi connectivity index (χ2n) is 2.50. The van der Waals surface area contributed by atoms with Crippen LogP contribution < -0.4 is 5.32 Å². The molecule has 0 aliphatic carbocycles. The van der Waals surface area contributed by atoms with E-state index >= 15 is 0 Å². The van der Waals surface area contributed by atoms with Gasteiger partial charge in [0.05, 0.1) is 13.5 Å². The number of ether oxygens (including phenoxy) is 2. The van der Waals surface area contributed by atoms with E-state index in [1.54, 1.807) is 6.92 Å². The molecule has 0 aliphatic heterocycles. The van der Waals surface area contributed by atoms with Gasteiger partial charge in [0.1, 0.15) is 6.10 Å². The number of hydrogen-bond acceptors (Lipinski definition) is 4. The number of esters is 1. The normalized spacial score (nSPS) is 11.9. The van der Waals surface area contributed by atoms with Crippen molar-refractivity contribution in [3.63, 3.8) is 0 Å². The molecule has 5 nitrogen and oxygen atoms in total. The van der Waals surface area contributed by atoms with Crippen molar-refractivity contribution in [1.29, 1.82) is 0 Å². The minimum Gasteiger partial charge on any atom is -0.469 e. The zero-order chi connectivity index (χ0) is 10.3. The predicted molar refractivity (Wildman–Crippen MR) is 46.1 cm³/mol. The van der Waals surface area contributed by atoms with Crippen molar-refractivity contribution >= 4 is 11.9 Å². The summed E-state index contributed by atoms with van der Waals surface area (Å²) in [6, 6.07) is 0. The quantitative estimate of drug-likeness (QED) is 0.603. The molecule has 0 fully saturated rings. The van der Waals surface area contributed by atoms with Crippen LogP contribution in [0.4, 0.5) is 0 Å². The summed E-state index contributed by atoms with van der Waals surface area (Å²) in [4.78, 5) is 21.7. The third-order valence-electron chi connectivity index (χ3n) is 1.58. The number of amides is 1. The highest BCUT2D eigenvalue weighted by molar-refractivity contribution is 5.80. The van der Waals surface area contributed by atoms with Crippen LogP contribution in [0.1, 0.15) is 13.3 Å². The van der Waals surface area contributed by atoms with E-state index in [-0.39, 0.29) is 24.8 Å². The molecule has 0 radical (unpaired) electrons. The van der Waals surface area contributed by atoms with E-state index < -0.39 is 6.10 Å². The molecule has 0 heterocycles. The van der Waals surface area contributed by atoms with Crippen molar-refractivity contribution in [2.45, 2.75) is 19.4 Å². The molecule has 0 aromatic rings. The summed E-state index contributed by atoms with van der Waals surface area (Å²) in [5.41, 5.74) is 0. The lowest BCUT2D eigenvalue weighted by molar-refractivity contribution is -0.140. The highest BCUT2D eigenvalue weighted by Crippen LogP contribution is 1.87. The Kier molecular flexibility index (Phi) is 5.88. The van der Waals surface area contributed by atoms with Crippen molar-refractivity contribution in [3.05, 3.63) is 0 Å². The maximum absolute atomic E-state index is 11.1. The van der Waals surface area contributed by atoms with Crippen molar-refractivity contribution in [3.8, 4) is 0 Å². The largest absolute Gasteiger partial charge is 0.469 e. The average molecular weight is 189 g/mol. The van der Waals surface area contributed by atoms with Crippen LogP contribution in [0.2, 0.25) is 0 Å². The van der Waals surface area contributed by atoms with Crippen LogP contribution in [0.5, 0.6) is 0 Å². The summed E-state index contributed by atoms with van der Waals surface area (Å²) in [6.45, 7) is 1.91. The van der Waals surface area contributed by atoms with Gasteiger partial charge < -0.3 is 14.8 Å². The number of rotatable bonds is 5. The van der Waals surface area contributed by atoms with E-state index in [1.165, 1.54) is 14.2 Å². The summed E-state index contributed by atoms with van der Waals surface area (Å²) in [6.07, 6.45) is -0.309. The molecule has 1 N–H and O–H groups in total. The molecule has 13 heavy (non-hydrogen) atoms. The monoisotopic (exact) mass is 189 g/mol. The molecule has 76 valence electrons. The average Bonchev–Trinajstić information content (AvgIpc) is 2.15. The van der Waals surface area contributed by atoms with Gasteiger partial charge in [-0.2, -0.15) is 0 Å². The molecule has 0 spiro atoms. The van der Waals surface area contributed by atoms with Crippen LogP contribution in [0.15, 0.2) is 0 Å². The van der Waals surface area contributed by atoms with E-state index in [1.807, 2.05) is 0 Å². The Morgan fingerprint density at radius 3 is 2.46 bits per heavy atom. The van der Waals surface area contributed by atoms with Crippen LogP contribution in [-0.2, 0) is 19.1 Å². The van der Waals surface area contributed by atoms with E-state index in [2.05, 4.69) is 10.1 Å².